The van der Waals surface area contributed by atoms with Crippen molar-refractivity contribution in [1.82, 2.24) is 0 Å². The molecule has 0 radical (unpaired) electrons. The molecule has 118 valence electrons. The number of hydrogen-bond acceptors (Lipinski definition) is 3. The zero-order valence-electron chi connectivity index (χ0n) is 12.1. The second-order valence-corrected chi connectivity index (χ2v) is 6.05. The van der Waals surface area contributed by atoms with Crippen LogP contribution >= 0.6 is 0 Å². The Morgan fingerprint density at radius 1 is 1.29 bits per heavy atom. The molecule has 1 aliphatic heterocycles. The van der Waals surface area contributed by atoms with Crippen LogP contribution in [0.4, 0.5) is 0 Å². The second kappa shape index (κ2) is 7.31. The van der Waals surface area contributed by atoms with Crippen LogP contribution in [-0.4, -0.2) is 45.9 Å². The summed E-state index contributed by atoms with van der Waals surface area (Å²) < 4.78 is 0.771. The number of aromatic hydroxyl groups is 2. The summed E-state index contributed by atoms with van der Waals surface area (Å²) in [4.78, 5) is 10.7. The maximum Gasteiger partial charge on any atom is 0.303 e. The maximum atomic E-state index is 10.7. The van der Waals surface area contributed by atoms with Crippen molar-refractivity contribution >= 4 is 5.97 Å². The van der Waals surface area contributed by atoms with Crippen molar-refractivity contribution in [2.24, 2.45) is 5.92 Å². The van der Waals surface area contributed by atoms with Crippen molar-refractivity contribution < 1.29 is 48.6 Å². The Bertz CT molecular complexity index is 498. The maximum absolute atomic E-state index is 10.7. The highest BCUT2D eigenvalue weighted by atomic mass is 127. The summed E-state index contributed by atoms with van der Waals surface area (Å²) in [6, 6.07) is 5.02. The van der Waals surface area contributed by atoms with E-state index in [1.165, 1.54) is 6.07 Å². The summed E-state index contributed by atoms with van der Waals surface area (Å²) in [5, 5.41) is 28.2. The Hall–Kier alpha value is -1.02. The smallest absolute Gasteiger partial charge is 0.303 e. The van der Waals surface area contributed by atoms with Crippen molar-refractivity contribution in [2.75, 3.05) is 20.1 Å². The minimum Gasteiger partial charge on any atom is -1.00 e. The van der Waals surface area contributed by atoms with Crippen LogP contribution < -0.4 is 24.0 Å². The van der Waals surface area contributed by atoms with Gasteiger partial charge in [0, 0.05) is 19.3 Å². The van der Waals surface area contributed by atoms with E-state index in [1.54, 1.807) is 6.07 Å². The summed E-state index contributed by atoms with van der Waals surface area (Å²) >= 11 is 0. The zero-order valence-corrected chi connectivity index (χ0v) is 14.3. The number of benzene rings is 1. The third-order valence-corrected chi connectivity index (χ3v) is 4.27. The van der Waals surface area contributed by atoms with E-state index in [2.05, 4.69) is 7.05 Å². The fourth-order valence-corrected chi connectivity index (χ4v) is 2.97. The van der Waals surface area contributed by atoms with E-state index in [9.17, 15) is 15.0 Å². The number of aliphatic carboxylic acids is 1. The van der Waals surface area contributed by atoms with Crippen LogP contribution in [0.2, 0.25) is 0 Å². The number of piperidine rings is 1. The molecule has 0 saturated carbocycles. The number of likely N-dealkylation sites (tertiary alicyclic amines) is 1. The first kappa shape index (κ1) is 18.0. The summed E-state index contributed by atoms with van der Waals surface area (Å²) in [6.07, 6.45) is 2.03. The van der Waals surface area contributed by atoms with Gasteiger partial charge in [0.05, 0.1) is 25.7 Å². The Kier molecular flexibility index (Phi) is 6.27. The first-order chi connectivity index (χ1) is 9.39. The molecule has 2 rings (SSSR count). The molecule has 0 unspecified atom stereocenters. The number of nitrogens with zero attached hydrogens (tertiary/aromatic N) is 1. The molecule has 1 aromatic carbocycles. The topological polar surface area (TPSA) is 77.8 Å². The Morgan fingerprint density at radius 3 is 2.48 bits per heavy atom. The summed E-state index contributed by atoms with van der Waals surface area (Å²) in [6.45, 7) is 2.44. The van der Waals surface area contributed by atoms with Gasteiger partial charge in [-0.1, -0.05) is 6.07 Å². The molecule has 6 heteroatoms. The quantitative estimate of drug-likeness (QED) is 0.338. The minimum atomic E-state index is -0.725. The van der Waals surface area contributed by atoms with Gasteiger partial charge in [0.2, 0.25) is 0 Å². The monoisotopic (exact) mass is 407 g/mol. The number of para-hydroxylation sites is 1. The highest BCUT2D eigenvalue weighted by Gasteiger charge is 2.32. The second-order valence-electron chi connectivity index (χ2n) is 6.05. The minimum absolute atomic E-state index is 0. The third kappa shape index (κ3) is 4.74. The number of rotatable bonds is 4. The molecule has 1 heterocycles. The molecule has 1 saturated heterocycles. The Morgan fingerprint density at radius 2 is 1.90 bits per heavy atom. The van der Waals surface area contributed by atoms with Crippen LogP contribution in [0.15, 0.2) is 18.2 Å². The van der Waals surface area contributed by atoms with Gasteiger partial charge in [0.25, 0.3) is 0 Å². The fraction of sp³-hybridized carbons (Fsp3) is 0.533. The van der Waals surface area contributed by atoms with E-state index in [0.29, 0.717) is 6.54 Å². The molecule has 0 amide bonds. The van der Waals surface area contributed by atoms with Crippen molar-refractivity contribution in [2.45, 2.75) is 25.8 Å². The molecule has 0 aromatic heterocycles. The number of carbonyl (C=O) groups is 1. The lowest BCUT2D eigenvalue weighted by Crippen LogP contribution is -3.00. The zero-order chi connectivity index (χ0) is 14.8. The predicted molar refractivity (Wildman–Crippen MR) is 74.4 cm³/mol. The molecule has 0 bridgehead atoms. The molecular formula is C15H22INO4. The molecule has 1 aromatic rings. The standard InChI is InChI=1S/C15H21NO4.HI/c1-16(7-5-11(6-8-16)9-14(18)19)10-12-3-2-4-13(17)15(12)20;/h2-4,11H,5-10H2,1H3,(H2-,17,18,19,20);1H. The summed E-state index contributed by atoms with van der Waals surface area (Å²) in [7, 11) is 2.11. The molecule has 21 heavy (non-hydrogen) atoms. The van der Waals surface area contributed by atoms with Gasteiger partial charge < -0.3 is 43.8 Å². The van der Waals surface area contributed by atoms with E-state index in [0.717, 1.165) is 36.0 Å². The fourth-order valence-electron chi connectivity index (χ4n) is 2.97. The van der Waals surface area contributed by atoms with Crippen LogP contribution in [0.25, 0.3) is 0 Å². The number of carboxylic acids is 1. The molecule has 5 nitrogen and oxygen atoms in total. The van der Waals surface area contributed by atoms with Gasteiger partial charge in [-0.25, -0.2) is 0 Å². The van der Waals surface area contributed by atoms with E-state index in [-0.39, 0.29) is 47.8 Å². The van der Waals surface area contributed by atoms with E-state index in [1.807, 2.05) is 6.07 Å². The van der Waals surface area contributed by atoms with Gasteiger partial charge in [-0.3, -0.25) is 4.79 Å². The van der Waals surface area contributed by atoms with Crippen LogP contribution in [0.5, 0.6) is 11.5 Å². The largest absolute Gasteiger partial charge is 1.00 e. The summed E-state index contributed by atoms with van der Waals surface area (Å²) in [5.41, 5.74) is 0.740. The number of hydrogen-bond donors (Lipinski definition) is 3. The van der Waals surface area contributed by atoms with E-state index < -0.39 is 5.97 Å². The number of quaternary nitrogens is 1. The highest BCUT2D eigenvalue weighted by molar-refractivity contribution is 5.67. The van der Waals surface area contributed by atoms with Crippen molar-refractivity contribution in [3.8, 4) is 11.5 Å². The van der Waals surface area contributed by atoms with Crippen molar-refractivity contribution in [3.63, 3.8) is 0 Å². The SMILES string of the molecule is C[N+]1(Cc2cccc(O)c2O)CCC(CC(=O)O)CC1.[I-]. The van der Waals surface area contributed by atoms with Gasteiger partial charge in [-0.05, 0) is 18.1 Å². The van der Waals surface area contributed by atoms with Gasteiger partial charge in [-0.15, -0.1) is 0 Å². The van der Waals surface area contributed by atoms with Gasteiger partial charge in [0.15, 0.2) is 11.5 Å². The van der Waals surface area contributed by atoms with Crippen LogP contribution in [0, 0.1) is 5.92 Å². The molecular weight excluding hydrogens is 385 g/mol. The number of carboxylic acid groups (broad SMARTS) is 1. The third-order valence-electron chi connectivity index (χ3n) is 4.27. The number of phenols is 2. The van der Waals surface area contributed by atoms with Crippen LogP contribution in [0.1, 0.15) is 24.8 Å². The Balaban J connectivity index is 0.00000220. The van der Waals surface area contributed by atoms with Gasteiger partial charge >= 0.3 is 5.97 Å². The predicted octanol–water partition coefficient (Wildman–Crippen LogP) is -1.07. The molecule has 1 aliphatic rings. The average molecular weight is 407 g/mol. The first-order valence-corrected chi connectivity index (χ1v) is 6.95. The first-order valence-electron chi connectivity index (χ1n) is 6.95. The van der Waals surface area contributed by atoms with Crippen LogP contribution in [0.3, 0.4) is 0 Å². The Labute approximate surface area is 141 Å². The number of halogens is 1. The molecule has 0 atom stereocenters. The number of phenolic OH excluding ortho intramolecular Hbond substituents is 2. The van der Waals surface area contributed by atoms with Crippen LogP contribution in [-0.2, 0) is 11.3 Å². The lowest BCUT2D eigenvalue weighted by Gasteiger charge is -2.40. The van der Waals surface area contributed by atoms with Crippen molar-refractivity contribution in [1.29, 1.82) is 0 Å². The molecule has 3 N–H and O–H groups in total. The average Bonchev–Trinajstić information content (AvgIpc) is 2.38. The van der Waals surface area contributed by atoms with Gasteiger partial charge in [0.1, 0.15) is 6.54 Å². The lowest BCUT2D eigenvalue weighted by molar-refractivity contribution is -0.928. The molecule has 0 spiro atoms. The van der Waals surface area contributed by atoms with Gasteiger partial charge in [-0.2, -0.15) is 0 Å². The highest BCUT2D eigenvalue weighted by Crippen LogP contribution is 2.33. The molecule has 1 fully saturated rings. The molecule has 0 aliphatic carbocycles. The van der Waals surface area contributed by atoms with E-state index in [4.69, 9.17) is 5.11 Å². The summed E-state index contributed by atoms with van der Waals surface area (Å²) in [5.74, 6) is -0.595. The van der Waals surface area contributed by atoms with Crippen molar-refractivity contribution in [3.05, 3.63) is 23.8 Å². The van der Waals surface area contributed by atoms with E-state index >= 15 is 0 Å². The lowest BCUT2D eigenvalue weighted by atomic mass is 9.92. The normalized spacial score (nSPS) is 25.1.